The van der Waals surface area contributed by atoms with Gasteiger partial charge in [-0.25, -0.2) is 8.78 Å². The van der Waals surface area contributed by atoms with Crippen molar-refractivity contribution < 1.29 is 13.6 Å². The van der Waals surface area contributed by atoms with Crippen molar-refractivity contribution in [1.82, 2.24) is 10.2 Å². The molecule has 24 heavy (non-hydrogen) atoms. The van der Waals surface area contributed by atoms with Gasteiger partial charge in [0.1, 0.15) is 11.6 Å². The van der Waals surface area contributed by atoms with Gasteiger partial charge in [0.05, 0.1) is 6.54 Å². The molecule has 2 aromatic carbocycles. The highest BCUT2D eigenvalue weighted by Gasteiger charge is 2.18. The number of carbonyl (C=O) groups excluding carboxylic acids is 1. The lowest BCUT2D eigenvalue weighted by molar-refractivity contribution is -0.122. The number of amides is 1. The van der Waals surface area contributed by atoms with Gasteiger partial charge in [0.15, 0.2) is 0 Å². The molecule has 0 fully saturated rings. The topological polar surface area (TPSA) is 32.3 Å². The molecule has 0 bridgehead atoms. The number of benzene rings is 2. The Morgan fingerprint density at radius 1 is 1.21 bits per heavy atom. The second-order valence-corrected chi connectivity index (χ2v) is 5.96. The fourth-order valence-electron chi connectivity index (χ4n) is 2.49. The van der Waals surface area contributed by atoms with Crippen LogP contribution in [0.2, 0.25) is 0 Å². The Bertz CT molecular complexity index is 718. The van der Waals surface area contributed by atoms with E-state index in [-0.39, 0.29) is 18.0 Å². The standard InChI is InChI=1S/C19H22F2N2O/c1-13-6-4-5-7-15(13)11-22-19(24)12-23(3)14(2)17-10-16(20)8-9-18(17)21/h4-10,14H,11-12H2,1-3H3,(H,22,24). The first-order chi connectivity index (χ1) is 11.4. The van der Waals surface area contributed by atoms with Gasteiger partial charge in [0, 0.05) is 18.2 Å². The van der Waals surface area contributed by atoms with Crippen LogP contribution >= 0.6 is 0 Å². The summed E-state index contributed by atoms with van der Waals surface area (Å²) < 4.78 is 27.2. The molecule has 1 N–H and O–H groups in total. The molecule has 0 aliphatic carbocycles. The first-order valence-corrected chi connectivity index (χ1v) is 7.85. The predicted octanol–water partition coefficient (Wildman–Crippen LogP) is 3.58. The molecule has 0 aliphatic rings. The average molecular weight is 332 g/mol. The van der Waals surface area contributed by atoms with Gasteiger partial charge in [-0.3, -0.25) is 9.69 Å². The summed E-state index contributed by atoms with van der Waals surface area (Å²) in [5.41, 5.74) is 2.41. The molecule has 0 saturated carbocycles. The van der Waals surface area contributed by atoms with Crippen molar-refractivity contribution in [2.24, 2.45) is 0 Å². The molecular weight excluding hydrogens is 310 g/mol. The van der Waals surface area contributed by atoms with E-state index in [1.165, 1.54) is 6.07 Å². The van der Waals surface area contributed by atoms with Crippen LogP contribution in [0.5, 0.6) is 0 Å². The van der Waals surface area contributed by atoms with Gasteiger partial charge >= 0.3 is 0 Å². The molecule has 3 nitrogen and oxygen atoms in total. The second kappa shape index (κ2) is 8.02. The number of hydrogen-bond acceptors (Lipinski definition) is 2. The van der Waals surface area contributed by atoms with E-state index in [0.29, 0.717) is 6.54 Å². The normalized spacial score (nSPS) is 12.2. The first kappa shape index (κ1) is 18.1. The summed E-state index contributed by atoms with van der Waals surface area (Å²) in [6, 6.07) is 10.8. The summed E-state index contributed by atoms with van der Waals surface area (Å²) in [6.45, 7) is 4.28. The van der Waals surface area contributed by atoms with E-state index in [9.17, 15) is 13.6 Å². The van der Waals surface area contributed by atoms with Crippen molar-refractivity contribution in [3.63, 3.8) is 0 Å². The van der Waals surface area contributed by atoms with Crippen LogP contribution in [0.1, 0.15) is 29.7 Å². The Labute approximate surface area is 141 Å². The molecule has 2 aromatic rings. The van der Waals surface area contributed by atoms with Gasteiger partial charge in [-0.1, -0.05) is 24.3 Å². The quantitative estimate of drug-likeness (QED) is 0.877. The highest BCUT2D eigenvalue weighted by Crippen LogP contribution is 2.22. The van der Waals surface area contributed by atoms with Crippen LogP contribution in [0.15, 0.2) is 42.5 Å². The molecule has 0 heterocycles. The summed E-state index contributed by atoms with van der Waals surface area (Å²) in [7, 11) is 1.71. The van der Waals surface area contributed by atoms with E-state index in [1.54, 1.807) is 18.9 Å². The van der Waals surface area contributed by atoms with Gasteiger partial charge < -0.3 is 5.32 Å². The van der Waals surface area contributed by atoms with Crippen LogP contribution in [0.25, 0.3) is 0 Å². The fraction of sp³-hybridized carbons (Fsp3) is 0.316. The lowest BCUT2D eigenvalue weighted by Gasteiger charge is -2.25. The van der Waals surface area contributed by atoms with E-state index in [1.807, 2.05) is 31.2 Å². The number of likely N-dealkylation sites (N-methyl/N-ethyl adjacent to an activating group) is 1. The van der Waals surface area contributed by atoms with Crippen molar-refractivity contribution >= 4 is 5.91 Å². The predicted molar refractivity (Wildman–Crippen MR) is 90.4 cm³/mol. The van der Waals surface area contributed by atoms with Gasteiger partial charge in [0.25, 0.3) is 0 Å². The third kappa shape index (κ3) is 4.61. The van der Waals surface area contributed by atoms with E-state index in [4.69, 9.17) is 0 Å². The Hall–Kier alpha value is -2.27. The molecule has 2 rings (SSSR count). The van der Waals surface area contributed by atoms with E-state index in [0.717, 1.165) is 23.3 Å². The lowest BCUT2D eigenvalue weighted by atomic mass is 10.1. The zero-order valence-electron chi connectivity index (χ0n) is 14.1. The van der Waals surface area contributed by atoms with Crippen LogP contribution in [0.4, 0.5) is 8.78 Å². The van der Waals surface area contributed by atoms with Crippen LogP contribution in [0, 0.1) is 18.6 Å². The molecule has 1 unspecified atom stereocenters. The first-order valence-electron chi connectivity index (χ1n) is 7.85. The highest BCUT2D eigenvalue weighted by atomic mass is 19.1. The second-order valence-electron chi connectivity index (χ2n) is 5.96. The molecule has 0 saturated heterocycles. The van der Waals surface area contributed by atoms with E-state index in [2.05, 4.69) is 5.32 Å². The van der Waals surface area contributed by atoms with Crippen molar-refractivity contribution in [3.8, 4) is 0 Å². The number of carbonyl (C=O) groups is 1. The lowest BCUT2D eigenvalue weighted by Crippen LogP contribution is -2.36. The zero-order valence-corrected chi connectivity index (χ0v) is 14.1. The molecule has 0 aromatic heterocycles. The molecule has 1 amide bonds. The number of aryl methyl sites for hydroxylation is 1. The van der Waals surface area contributed by atoms with Crippen molar-refractivity contribution in [2.75, 3.05) is 13.6 Å². The van der Waals surface area contributed by atoms with Gasteiger partial charge in [-0.15, -0.1) is 0 Å². The number of rotatable bonds is 6. The van der Waals surface area contributed by atoms with Crippen LogP contribution in [0.3, 0.4) is 0 Å². The number of halogens is 2. The monoisotopic (exact) mass is 332 g/mol. The maximum Gasteiger partial charge on any atom is 0.234 e. The molecule has 128 valence electrons. The minimum atomic E-state index is -0.490. The Morgan fingerprint density at radius 2 is 1.92 bits per heavy atom. The highest BCUT2D eigenvalue weighted by molar-refractivity contribution is 5.78. The SMILES string of the molecule is Cc1ccccc1CNC(=O)CN(C)C(C)c1cc(F)ccc1F. The van der Waals surface area contributed by atoms with Crippen molar-refractivity contribution in [1.29, 1.82) is 0 Å². The molecule has 0 radical (unpaired) electrons. The molecule has 0 spiro atoms. The number of hydrogen-bond donors (Lipinski definition) is 1. The summed E-state index contributed by atoms with van der Waals surface area (Å²) in [6.07, 6.45) is 0. The summed E-state index contributed by atoms with van der Waals surface area (Å²) in [5, 5.41) is 2.85. The Balaban J connectivity index is 1.93. The zero-order chi connectivity index (χ0) is 17.7. The third-order valence-corrected chi connectivity index (χ3v) is 4.20. The van der Waals surface area contributed by atoms with Crippen LogP contribution < -0.4 is 5.32 Å². The van der Waals surface area contributed by atoms with Crippen LogP contribution in [-0.4, -0.2) is 24.4 Å². The number of nitrogens with zero attached hydrogens (tertiary/aromatic N) is 1. The smallest absolute Gasteiger partial charge is 0.234 e. The Morgan fingerprint density at radius 3 is 2.62 bits per heavy atom. The fourth-order valence-corrected chi connectivity index (χ4v) is 2.49. The minimum Gasteiger partial charge on any atom is -0.351 e. The molecule has 1 atom stereocenters. The van der Waals surface area contributed by atoms with Gasteiger partial charge in [-0.2, -0.15) is 0 Å². The molecule has 5 heteroatoms. The maximum atomic E-state index is 13.8. The molecular formula is C19H22F2N2O. The maximum absolute atomic E-state index is 13.8. The largest absolute Gasteiger partial charge is 0.351 e. The summed E-state index contributed by atoms with van der Waals surface area (Å²) >= 11 is 0. The average Bonchev–Trinajstić information content (AvgIpc) is 2.55. The summed E-state index contributed by atoms with van der Waals surface area (Å²) in [5.74, 6) is -1.13. The molecule has 0 aliphatic heterocycles. The van der Waals surface area contributed by atoms with E-state index < -0.39 is 17.7 Å². The number of nitrogens with one attached hydrogen (secondary N) is 1. The van der Waals surface area contributed by atoms with E-state index >= 15 is 0 Å². The third-order valence-electron chi connectivity index (χ3n) is 4.20. The van der Waals surface area contributed by atoms with Crippen molar-refractivity contribution in [2.45, 2.75) is 26.4 Å². The minimum absolute atomic E-state index is 0.100. The summed E-state index contributed by atoms with van der Waals surface area (Å²) in [4.78, 5) is 13.8. The van der Waals surface area contributed by atoms with Gasteiger partial charge in [-0.05, 0) is 50.2 Å². The Kier molecular flexibility index (Phi) is 6.04. The van der Waals surface area contributed by atoms with Crippen LogP contribution in [-0.2, 0) is 11.3 Å². The van der Waals surface area contributed by atoms with Crippen molar-refractivity contribution in [3.05, 3.63) is 70.8 Å². The van der Waals surface area contributed by atoms with Gasteiger partial charge in [0.2, 0.25) is 5.91 Å².